The molecule has 1 amide bonds. The summed E-state index contributed by atoms with van der Waals surface area (Å²) in [7, 11) is 1.58. The standard InChI is InChI=1S/C10H10N4O/c1-11-10(15)6-9-12-7-4-2-3-5-8(7)13-14-9/h2-5H,6H2,1H3,(H,11,15). The van der Waals surface area contributed by atoms with Crippen molar-refractivity contribution in [1.82, 2.24) is 20.5 Å². The molecule has 0 atom stereocenters. The van der Waals surface area contributed by atoms with E-state index in [1.54, 1.807) is 7.05 Å². The first-order chi connectivity index (χ1) is 7.29. The number of benzene rings is 1. The lowest BCUT2D eigenvalue weighted by Gasteiger charge is -1.99. The third-order valence-corrected chi connectivity index (χ3v) is 2.00. The normalized spacial score (nSPS) is 10.2. The third kappa shape index (κ3) is 2.07. The fourth-order valence-electron chi connectivity index (χ4n) is 1.22. The van der Waals surface area contributed by atoms with Crippen molar-refractivity contribution in [2.75, 3.05) is 7.05 Å². The van der Waals surface area contributed by atoms with Gasteiger partial charge in [-0.25, -0.2) is 4.98 Å². The van der Waals surface area contributed by atoms with Crippen molar-refractivity contribution >= 4 is 16.9 Å². The smallest absolute Gasteiger partial charge is 0.227 e. The van der Waals surface area contributed by atoms with E-state index in [2.05, 4.69) is 20.5 Å². The Bertz CT molecular complexity index is 498. The number of likely N-dealkylation sites (N-methyl/N-ethyl adjacent to an activating group) is 1. The molecule has 0 radical (unpaired) electrons. The molecule has 2 rings (SSSR count). The molecule has 0 spiro atoms. The fraction of sp³-hybridized carbons (Fsp3) is 0.200. The molecule has 0 aliphatic rings. The van der Waals surface area contributed by atoms with Crippen LogP contribution >= 0.6 is 0 Å². The molecule has 2 aromatic rings. The van der Waals surface area contributed by atoms with Crippen LogP contribution in [0.3, 0.4) is 0 Å². The summed E-state index contributed by atoms with van der Waals surface area (Å²) in [5.41, 5.74) is 1.49. The lowest BCUT2D eigenvalue weighted by atomic mass is 10.3. The van der Waals surface area contributed by atoms with Gasteiger partial charge in [0.15, 0.2) is 5.82 Å². The summed E-state index contributed by atoms with van der Waals surface area (Å²) in [6.45, 7) is 0. The number of aromatic nitrogens is 3. The Morgan fingerprint density at radius 2 is 2.00 bits per heavy atom. The Balaban J connectivity index is 2.34. The van der Waals surface area contributed by atoms with Gasteiger partial charge in [0.25, 0.3) is 0 Å². The summed E-state index contributed by atoms with van der Waals surface area (Å²) in [6.07, 6.45) is 0.161. The minimum atomic E-state index is -0.118. The third-order valence-electron chi connectivity index (χ3n) is 2.00. The van der Waals surface area contributed by atoms with Crippen LogP contribution in [0.2, 0.25) is 0 Å². The minimum absolute atomic E-state index is 0.118. The maximum Gasteiger partial charge on any atom is 0.227 e. The maximum absolute atomic E-state index is 11.1. The van der Waals surface area contributed by atoms with Crippen molar-refractivity contribution in [1.29, 1.82) is 0 Å². The summed E-state index contributed by atoms with van der Waals surface area (Å²) in [6, 6.07) is 7.42. The molecule has 0 fully saturated rings. The van der Waals surface area contributed by atoms with Crippen LogP contribution in [0, 0.1) is 0 Å². The van der Waals surface area contributed by atoms with Crippen molar-refractivity contribution in [3.8, 4) is 0 Å². The Morgan fingerprint density at radius 1 is 1.27 bits per heavy atom. The maximum atomic E-state index is 11.1. The van der Waals surface area contributed by atoms with Crippen LogP contribution in [0.4, 0.5) is 0 Å². The molecule has 76 valence electrons. The molecule has 1 aromatic carbocycles. The number of amides is 1. The highest BCUT2D eigenvalue weighted by Crippen LogP contribution is 2.06. The van der Waals surface area contributed by atoms with Gasteiger partial charge in [0.05, 0.1) is 11.9 Å². The van der Waals surface area contributed by atoms with Crippen molar-refractivity contribution in [3.63, 3.8) is 0 Å². The van der Waals surface area contributed by atoms with E-state index in [0.717, 1.165) is 11.0 Å². The monoisotopic (exact) mass is 202 g/mol. The van der Waals surface area contributed by atoms with Crippen molar-refractivity contribution in [3.05, 3.63) is 30.1 Å². The van der Waals surface area contributed by atoms with E-state index in [-0.39, 0.29) is 12.3 Å². The van der Waals surface area contributed by atoms with Crippen LogP contribution < -0.4 is 5.32 Å². The van der Waals surface area contributed by atoms with Crippen molar-refractivity contribution in [2.45, 2.75) is 6.42 Å². The lowest BCUT2D eigenvalue weighted by Crippen LogP contribution is -2.21. The minimum Gasteiger partial charge on any atom is -0.359 e. The van der Waals surface area contributed by atoms with E-state index in [0.29, 0.717) is 5.82 Å². The highest BCUT2D eigenvalue weighted by Gasteiger charge is 2.05. The number of hydrogen-bond donors (Lipinski definition) is 1. The highest BCUT2D eigenvalue weighted by atomic mass is 16.1. The van der Waals surface area contributed by atoms with Crippen LogP contribution in [-0.4, -0.2) is 28.1 Å². The van der Waals surface area contributed by atoms with Crippen LogP contribution in [0.15, 0.2) is 24.3 Å². The van der Waals surface area contributed by atoms with Crippen LogP contribution in [0.1, 0.15) is 5.82 Å². The predicted molar refractivity (Wildman–Crippen MR) is 55.1 cm³/mol. The van der Waals surface area contributed by atoms with Crippen molar-refractivity contribution < 1.29 is 4.79 Å². The van der Waals surface area contributed by atoms with Gasteiger partial charge in [0.1, 0.15) is 5.52 Å². The summed E-state index contributed by atoms with van der Waals surface area (Å²) in [4.78, 5) is 15.3. The molecule has 0 aliphatic heterocycles. The molecule has 0 bridgehead atoms. The van der Waals surface area contributed by atoms with Gasteiger partial charge in [-0.3, -0.25) is 4.79 Å². The zero-order valence-corrected chi connectivity index (χ0v) is 8.27. The molecule has 0 saturated carbocycles. The zero-order chi connectivity index (χ0) is 10.7. The second-order valence-corrected chi connectivity index (χ2v) is 3.07. The average Bonchev–Trinajstić information content (AvgIpc) is 2.29. The summed E-state index contributed by atoms with van der Waals surface area (Å²) in [5, 5.41) is 10.4. The van der Waals surface area contributed by atoms with E-state index in [1.165, 1.54) is 0 Å². The molecule has 5 heteroatoms. The number of fused-ring (bicyclic) bond motifs is 1. The van der Waals surface area contributed by atoms with Gasteiger partial charge >= 0.3 is 0 Å². The highest BCUT2D eigenvalue weighted by molar-refractivity contribution is 5.78. The molecular weight excluding hydrogens is 192 g/mol. The summed E-state index contributed by atoms with van der Waals surface area (Å²) >= 11 is 0. The lowest BCUT2D eigenvalue weighted by molar-refractivity contribution is -0.120. The molecule has 1 N–H and O–H groups in total. The first-order valence-electron chi connectivity index (χ1n) is 4.58. The van der Waals surface area contributed by atoms with E-state index >= 15 is 0 Å². The van der Waals surface area contributed by atoms with Crippen LogP contribution in [0.25, 0.3) is 11.0 Å². The first kappa shape index (κ1) is 9.51. The predicted octanol–water partition coefficient (Wildman–Crippen LogP) is 0.313. The SMILES string of the molecule is CNC(=O)Cc1nnc2ccccc2n1. The van der Waals surface area contributed by atoms with Gasteiger partial charge < -0.3 is 5.32 Å². The molecule has 1 heterocycles. The number of rotatable bonds is 2. The van der Waals surface area contributed by atoms with Crippen LogP contribution in [0.5, 0.6) is 0 Å². The number of nitrogens with one attached hydrogen (secondary N) is 1. The molecule has 0 saturated heterocycles. The number of nitrogens with zero attached hydrogens (tertiary/aromatic N) is 3. The summed E-state index contributed by atoms with van der Waals surface area (Å²) < 4.78 is 0. The quantitative estimate of drug-likeness (QED) is 0.761. The van der Waals surface area contributed by atoms with E-state index in [4.69, 9.17) is 0 Å². The Kier molecular flexibility index (Phi) is 2.53. The van der Waals surface area contributed by atoms with Gasteiger partial charge in [-0.05, 0) is 12.1 Å². The number of hydrogen-bond acceptors (Lipinski definition) is 4. The molecule has 5 nitrogen and oxygen atoms in total. The molecule has 0 unspecified atom stereocenters. The van der Waals surface area contributed by atoms with E-state index < -0.39 is 0 Å². The second-order valence-electron chi connectivity index (χ2n) is 3.07. The van der Waals surface area contributed by atoms with Gasteiger partial charge in [0.2, 0.25) is 5.91 Å². The molecule has 1 aromatic heterocycles. The van der Waals surface area contributed by atoms with Gasteiger partial charge in [0, 0.05) is 7.05 Å². The van der Waals surface area contributed by atoms with Crippen molar-refractivity contribution in [2.24, 2.45) is 0 Å². The second kappa shape index (κ2) is 4.00. The topological polar surface area (TPSA) is 67.8 Å². The molecule has 15 heavy (non-hydrogen) atoms. The fourth-order valence-corrected chi connectivity index (χ4v) is 1.22. The van der Waals surface area contributed by atoms with E-state index in [9.17, 15) is 4.79 Å². The largest absolute Gasteiger partial charge is 0.359 e. The Morgan fingerprint density at radius 3 is 2.73 bits per heavy atom. The van der Waals surface area contributed by atoms with Gasteiger partial charge in [-0.15, -0.1) is 10.2 Å². The van der Waals surface area contributed by atoms with E-state index in [1.807, 2.05) is 24.3 Å². The van der Waals surface area contributed by atoms with Crippen LogP contribution in [-0.2, 0) is 11.2 Å². The molecule has 0 aliphatic carbocycles. The Hall–Kier alpha value is -2.04. The Labute approximate surface area is 86.5 Å². The number of carbonyl (C=O) groups excluding carboxylic acids is 1. The number of para-hydroxylation sites is 1. The first-order valence-corrected chi connectivity index (χ1v) is 4.58. The number of carbonyl (C=O) groups is 1. The zero-order valence-electron chi connectivity index (χ0n) is 8.27. The van der Waals surface area contributed by atoms with Gasteiger partial charge in [-0.2, -0.15) is 0 Å². The average molecular weight is 202 g/mol. The molecular formula is C10H10N4O. The summed E-state index contributed by atoms with van der Waals surface area (Å²) in [5.74, 6) is 0.320. The van der Waals surface area contributed by atoms with Gasteiger partial charge in [-0.1, -0.05) is 12.1 Å².